The summed E-state index contributed by atoms with van der Waals surface area (Å²) in [6.07, 6.45) is 0. The Morgan fingerprint density at radius 2 is 0.773 bits per heavy atom. The Kier molecular flexibility index (Phi) is 4.92. The molecule has 44 heavy (non-hydrogen) atoms. The van der Waals surface area contributed by atoms with Gasteiger partial charge in [0.15, 0.2) is 0 Å². The first-order valence-corrected chi connectivity index (χ1v) is 15.3. The molecule has 2 aliphatic heterocycles. The summed E-state index contributed by atoms with van der Waals surface area (Å²) in [4.78, 5) is 0. The summed E-state index contributed by atoms with van der Waals surface area (Å²) in [5, 5.41) is 7.18. The largest absolute Gasteiger partial charge is 0.458 e. The minimum Gasteiger partial charge on any atom is -0.458 e. The van der Waals surface area contributed by atoms with Crippen molar-refractivity contribution in [2.24, 2.45) is 0 Å². The van der Waals surface area contributed by atoms with E-state index < -0.39 is 0 Å². The van der Waals surface area contributed by atoms with Crippen LogP contribution in [-0.2, 0) is 0 Å². The summed E-state index contributed by atoms with van der Waals surface area (Å²) in [6, 6.07) is 52.3. The Labute approximate surface area is 256 Å². The Morgan fingerprint density at radius 3 is 1.23 bits per heavy atom. The Balaban J connectivity index is 1.26. The van der Waals surface area contributed by atoms with Gasteiger partial charge in [-0.15, -0.1) is 0 Å². The number of hydrogen-bond donors (Lipinski definition) is 0. The fourth-order valence-electron chi connectivity index (χ4n) is 7.79. The Hall–Kier alpha value is -5.47. The number of para-hydroxylation sites is 2. The van der Waals surface area contributed by atoms with Gasteiger partial charge in [0.2, 0.25) is 0 Å². The predicted molar refractivity (Wildman–Crippen MR) is 185 cm³/mol. The summed E-state index contributed by atoms with van der Waals surface area (Å²) < 4.78 is 13.6. The van der Waals surface area contributed by atoms with Crippen LogP contribution in [0.15, 0.2) is 146 Å². The van der Waals surface area contributed by atoms with Crippen molar-refractivity contribution in [3.63, 3.8) is 0 Å². The highest BCUT2D eigenvalue weighted by molar-refractivity contribution is 6.98. The summed E-state index contributed by atoms with van der Waals surface area (Å²) in [5.74, 6) is 3.75. The lowest BCUT2D eigenvalue weighted by atomic mass is 9.35. The van der Waals surface area contributed by atoms with Crippen molar-refractivity contribution in [2.45, 2.75) is 0 Å². The maximum absolute atomic E-state index is 6.79. The maximum atomic E-state index is 6.79. The monoisotopic (exact) mass is 558 g/mol. The summed E-state index contributed by atoms with van der Waals surface area (Å²) in [6.45, 7) is 0.189. The van der Waals surface area contributed by atoms with Crippen LogP contribution < -0.4 is 42.3 Å². The molecule has 0 aromatic heterocycles. The highest BCUT2D eigenvalue weighted by Gasteiger charge is 2.36. The van der Waals surface area contributed by atoms with Crippen molar-refractivity contribution in [3.8, 4) is 23.0 Å². The van der Waals surface area contributed by atoms with Crippen LogP contribution in [0.2, 0.25) is 0 Å². The number of benzene rings is 8. The van der Waals surface area contributed by atoms with Crippen LogP contribution in [0.1, 0.15) is 0 Å². The zero-order chi connectivity index (χ0) is 28.8. The van der Waals surface area contributed by atoms with Gasteiger partial charge in [0.05, 0.1) is 0 Å². The molecule has 2 aliphatic rings. The van der Waals surface area contributed by atoms with E-state index in [4.69, 9.17) is 9.47 Å². The topological polar surface area (TPSA) is 18.5 Å². The smallest absolute Gasteiger partial charge is 0.251 e. The van der Waals surface area contributed by atoms with Gasteiger partial charge < -0.3 is 9.47 Å². The quantitative estimate of drug-likeness (QED) is 0.197. The van der Waals surface area contributed by atoms with Crippen LogP contribution in [0, 0.1) is 0 Å². The molecule has 0 aliphatic carbocycles. The van der Waals surface area contributed by atoms with E-state index in [0.717, 1.165) is 33.8 Å². The molecule has 0 saturated heterocycles. The highest BCUT2D eigenvalue weighted by Crippen LogP contribution is 2.43. The van der Waals surface area contributed by atoms with Crippen LogP contribution in [0.25, 0.3) is 32.3 Å². The first kappa shape index (κ1) is 24.0. The zero-order valence-electron chi connectivity index (χ0n) is 23.8. The van der Waals surface area contributed by atoms with E-state index in [9.17, 15) is 0 Å². The third-order valence-electron chi connectivity index (χ3n) is 9.63. The minimum atomic E-state index is 0.0947. The molecule has 2 nitrogen and oxygen atoms in total. The van der Waals surface area contributed by atoms with Crippen molar-refractivity contribution < 1.29 is 9.47 Å². The molecule has 0 atom stereocenters. The molecular weight excluding hydrogens is 534 g/mol. The Morgan fingerprint density at radius 1 is 0.364 bits per heavy atom. The third-order valence-corrected chi connectivity index (χ3v) is 9.63. The average Bonchev–Trinajstić information content (AvgIpc) is 3.09. The van der Waals surface area contributed by atoms with E-state index in [1.807, 2.05) is 0 Å². The molecule has 10 rings (SSSR count). The second kappa shape index (κ2) is 9.02. The van der Waals surface area contributed by atoms with E-state index in [1.54, 1.807) is 0 Å². The lowest BCUT2D eigenvalue weighted by Gasteiger charge is -2.30. The van der Waals surface area contributed by atoms with Gasteiger partial charge in [0.25, 0.3) is 13.4 Å². The molecule has 0 amide bonds. The van der Waals surface area contributed by atoms with Crippen molar-refractivity contribution in [1.29, 1.82) is 0 Å². The molecule has 0 spiro atoms. The van der Waals surface area contributed by atoms with Crippen LogP contribution >= 0.6 is 0 Å². The summed E-state index contributed by atoms with van der Waals surface area (Å²) in [7, 11) is 0. The Bertz CT molecular complexity index is 2230. The highest BCUT2D eigenvalue weighted by atomic mass is 16.5. The van der Waals surface area contributed by atoms with E-state index >= 15 is 0 Å². The molecule has 8 aromatic rings. The van der Waals surface area contributed by atoms with Crippen molar-refractivity contribution >= 4 is 78.5 Å². The maximum Gasteiger partial charge on any atom is 0.251 e. The van der Waals surface area contributed by atoms with Crippen molar-refractivity contribution in [2.75, 3.05) is 0 Å². The molecular formula is C40H24B2O2. The van der Waals surface area contributed by atoms with Crippen LogP contribution in [0.5, 0.6) is 23.0 Å². The zero-order valence-corrected chi connectivity index (χ0v) is 23.8. The minimum absolute atomic E-state index is 0.0947. The molecule has 8 aromatic carbocycles. The number of fused-ring (bicyclic) bond motifs is 6. The van der Waals surface area contributed by atoms with E-state index in [0.29, 0.717) is 0 Å². The van der Waals surface area contributed by atoms with Gasteiger partial charge in [0, 0.05) is 21.5 Å². The standard InChI is InChI=1S/C40H24B2O2/c1-3-11-27(12-4-1)41-31-15-7-9-17-35(31)43-39-29-21-20-26-24-34-40(30-22-19-25(23-33(39)41)37(29)38(26)30)44-36-18-10-8-16-32(36)42(34)28-13-5-2-6-14-28/h1-24H. The van der Waals surface area contributed by atoms with Crippen molar-refractivity contribution in [1.82, 2.24) is 0 Å². The van der Waals surface area contributed by atoms with Crippen LogP contribution in [-0.4, -0.2) is 13.4 Å². The first-order chi connectivity index (χ1) is 21.8. The van der Waals surface area contributed by atoms with Gasteiger partial charge in [0.1, 0.15) is 23.0 Å². The van der Waals surface area contributed by atoms with E-state index in [-0.39, 0.29) is 13.4 Å². The number of ether oxygens (including phenoxy) is 2. The molecule has 0 N–H and O–H groups in total. The van der Waals surface area contributed by atoms with Gasteiger partial charge >= 0.3 is 0 Å². The molecule has 0 fully saturated rings. The second-order valence-corrected chi connectivity index (χ2v) is 12.0. The average molecular weight is 558 g/mol. The second-order valence-electron chi connectivity index (χ2n) is 12.0. The lowest BCUT2D eigenvalue weighted by Crippen LogP contribution is -2.55. The third kappa shape index (κ3) is 3.28. The molecule has 0 bridgehead atoms. The summed E-state index contributed by atoms with van der Waals surface area (Å²) >= 11 is 0. The molecule has 202 valence electrons. The molecule has 0 saturated carbocycles. The lowest BCUT2D eigenvalue weighted by molar-refractivity contribution is 0.492. The van der Waals surface area contributed by atoms with Crippen LogP contribution in [0.4, 0.5) is 0 Å². The molecule has 4 heteroatoms. The first-order valence-electron chi connectivity index (χ1n) is 15.3. The van der Waals surface area contributed by atoms with Gasteiger partial charge in [-0.25, -0.2) is 0 Å². The van der Waals surface area contributed by atoms with Gasteiger partial charge in [-0.05, 0) is 56.9 Å². The summed E-state index contributed by atoms with van der Waals surface area (Å²) in [5.41, 5.74) is 7.35. The normalized spacial score (nSPS) is 13.3. The van der Waals surface area contributed by atoms with Gasteiger partial charge in [-0.3, -0.25) is 0 Å². The molecule has 0 radical (unpaired) electrons. The SMILES string of the molecule is c1ccc(B2c3ccccc3Oc3c2cc2ccc4c5c(cc6ccc3c2c64)B(c2ccccc2)c2ccccc2O5)cc1. The number of rotatable bonds is 2. The molecule has 2 heterocycles. The van der Waals surface area contributed by atoms with E-state index in [1.165, 1.54) is 54.3 Å². The fourth-order valence-corrected chi connectivity index (χ4v) is 7.79. The van der Waals surface area contributed by atoms with Gasteiger partial charge in [-0.2, -0.15) is 0 Å². The number of hydrogen-bond acceptors (Lipinski definition) is 2. The van der Waals surface area contributed by atoms with Gasteiger partial charge in [-0.1, -0.05) is 132 Å². The van der Waals surface area contributed by atoms with Crippen molar-refractivity contribution in [3.05, 3.63) is 146 Å². The van der Waals surface area contributed by atoms with Crippen LogP contribution in [0.3, 0.4) is 0 Å². The predicted octanol–water partition coefficient (Wildman–Crippen LogP) is 5.83. The van der Waals surface area contributed by atoms with E-state index in [2.05, 4.69) is 146 Å². The fraction of sp³-hybridized carbons (Fsp3) is 0. The molecule has 0 unspecified atom stereocenters.